The number of aromatic nitrogens is 1. The second kappa shape index (κ2) is 8.25. The number of fused-ring (bicyclic) bond motifs is 3. The summed E-state index contributed by atoms with van der Waals surface area (Å²) in [6, 6.07) is 14.3. The molecule has 0 N–H and O–H groups in total. The maximum atomic E-state index is 12.8. The van der Waals surface area contributed by atoms with Gasteiger partial charge in [0.2, 0.25) is 0 Å². The van der Waals surface area contributed by atoms with Crippen LogP contribution in [-0.4, -0.2) is 23.0 Å². The second-order valence-electron chi connectivity index (χ2n) is 7.57. The summed E-state index contributed by atoms with van der Waals surface area (Å²) >= 11 is 0. The van der Waals surface area contributed by atoms with E-state index in [1.54, 1.807) is 24.5 Å². The van der Waals surface area contributed by atoms with E-state index in [4.69, 9.17) is 9.15 Å². The number of ether oxygens (including phenoxy) is 2. The van der Waals surface area contributed by atoms with Crippen LogP contribution >= 0.6 is 0 Å². The lowest BCUT2D eigenvalue weighted by Crippen LogP contribution is -2.31. The monoisotopic (exact) mass is 454 g/mol. The molecule has 0 radical (unpaired) electrons. The number of benzene rings is 2. The largest absolute Gasteiger partial charge is 0.573 e. The molecular formula is C24H17F3N2O4. The van der Waals surface area contributed by atoms with E-state index in [1.807, 2.05) is 17.0 Å². The molecule has 6 nitrogen and oxygen atoms in total. The molecule has 168 valence electrons. The fraction of sp³-hybridized carbons (Fsp3) is 0.167. The Morgan fingerprint density at radius 3 is 2.70 bits per heavy atom. The molecule has 0 aliphatic carbocycles. The van der Waals surface area contributed by atoms with Gasteiger partial charge in [-0.05, 0) is 35.9 Å². The van der Waals surface area contributed by atoms with Crippen molar-refractivity contribution >= 4 is 11.0 Å². The van der Waals surface area contributed by atoms with E-state index in [-0.39, 0.29) is 11.1 Å². The van der Waals surface area contributed by atoms with Crippen LogP contribution in [0.1, 0.15) is 11.1 Å². The Hall–Kier alpha value is -3.85. The third kappa shape index (κ3) is 4.40. The zero-order valence-corrected chi connectivity index (χ0v) is 17.1. The summed E-state index contributed by atoms with van der Waals surface area (Å²) in [7, 11) is 0. The van der Waals surface area contributed by atoms with Gasteiger partial charge in [0.15, 0.2) is 0 Å². The Labute approximate surface area is 185 Å². The molecule has 0 saturated carbocycles. The molecule has 9 heteroatoms. The summed E-state index contributed by atoms with van der Waals surface area (Å²) in [6.07, 6.45) is -1.42. The van der Waals surface area contributed by atoms with Crippen LogP contribution in [0.3, 0.4) is 0 Å². The SMILES string of the molecule is O=c1oc2c3c(ccc2cc1-c1ccccc1OC(F)(F)F)OCN(Cc1cccnc1)C3. The van der Waals surface area contributed by atoms with Crippen LogP contribution in [0.25, 0.3) is 22.1 Å². The Balaban J connectivity index is 1.53. The molecule has 0 atom stereocenters. The van der Waals surface area contributed by atoms with Crippen molar-refractivity contribution in [3.05, 3.63) is 88.5 Å². The number of rotatable bonds is 4. The van der Waals surface area contributed by atoms with E-state index in [0.29, 0.717) is 42.1 Å². The van der Waals surface area contributed by atoms with Gasteiger partial charge in [0.05, 0.1) is 11.1 Å². The van der Waals surface area contributed by atoms with E-state index in [1.165, 1.54) is 24.3 Å². The van der Waals surface area contributed by atoms with E-state index < -0.39 is 17.7 Å². The van der Waals surface area contributed by atoms with Gasteiger partial charge in [-0.25, -0.2) is 4.79 Å². The molecule has 2 aromatic heterocycles. The minimum absolute atomic E-state index is 0.00218. The molecule has 2 aromatic carbocycles. The highest BCUT2D eigenvalue weighted by molar-refractivity contribution is 5.86. The van der Waals surface area contributed by atoms with Crippen LogP contribution < -0.4 is 15.1 Å². The van der Waals surface area contributed by atoms with Crippen molar-refractivity contribution in [3.8, 4) is 22.6 Å². The van der Waals surface area contributed by atoms with E-state index in [2.05, 4.69) is 9.72 Å². The third-order valence-electron chi connectivity index (χ3n) is 5.28. The van der Waals surface area contributed by atoms with Gasteiger partial charge in [-0.15, -0.1) is 13.2 Å². The van der Waals surface area contributed by atoms with Crippen molar-refractivity contribution in [2.45, 2.75) is 19.5 Å². The number of halogens is 3. The minimum Gasteiger partial charge on any atom is -0.478 e. The summed E-state index contributed by atoms with van der Waals surface area (Å²) in [5.41, 5.74) is 1.26. The van der Waals surface area contributed by atoms with Gasteiger partial charge in [0.25, 0.3) is 0 Å². The van der Waals surface area contributed by atoms with Gasteiger partial charge in [-0.3, -0.25) is 9.88 Å². The maximum Gasteiger partial charge on any atom is 0.573 e. The topological polar surface area (TPSA) is 64.8 Å². The lowest BCUT2D eigenvalue weighted by Gasteiger charge is -2.29. The average Bonchev–Trinajstić information content (AvgIpc) is 2.79. The molecular weight excluding hydrogens is 437 g/mol. The van der Waals surface area contributed by atoms with Crippen LogP contribution in [0.15, 0.2) is 76.2 Å². The zero-order valence-electron chi connectivity index (χ0n) is 17.1. The highest BCUT2D eigenvalue weighted by Crippen LogP contribution is 2.36. The molecule has 0 bridgehead atoms. The molecule has 1 aliphatic rings. The van der Waals surface area contributed by atoms with Crippen LogP contribution in [0.4, 0.5) is 13.2 Å². The van der Waals surface area contributed by atoms with Crippen LogP contribution in [0, 0.1) is 0 Å². The van der Waals surface area contributed by atoms with Crippen LogP contribution in [-0.2, 0) is 13.1 Å². The first-order valence-corrected chi connectivity index (χ1v) is 10.1. The molecule has 0 amide bonds. The van der Waals surface area contributed by atoms with Gasteiger partial charge in [-0.2, -0.15) is 0 Å². The van der Waals surface area contributed by atoms with E-state index in [9.17, 15) is 18.0 Å². The predicted molar refractivity (Wildman–Crippen MR) is 114 cm³/mol. The van der Waals surface area contributed by atoms with E-state index >= 15 is 0 Å². The maximum absolute atomic E-state index is 12.8. The molecule has 0 fully saturated rings. The molecule has 0 unspecified atom stereocenters. The number of hydrogen-bond donors (Lipinski definition) is 0. The molecule has 5 rings (SSSR count). The number of nitrogens with zero attached hydrogens (tertiary/aromatic N) is 2. The summed E-state index contributed by atoms with van der Waals surface area (Å²) in [6.45, 7) is 1.42. The van der Waals surface area contributed by atoms with E-state index in [0.717, 1.165) is 11.6 Å². The minimum atomic E-state index is -4.89. The quantitative estimate of drug-likeness (QED) is 0.400. The zero-order chi connectivity index (χ0) is 23.0. The first kappa shape index (κ1) is 21.0. The number of para-hydroxylation sites is 1. The fourth-order valence-corrected chi connectivity index (χ4v) is 3.88. The number of pyridine rings is 1. The second-order valence-corrected chi connectivity index (χ2v) is 7.57. The molecule has 33 heavy (non-hydrogen) atoms. The summed E-state index contributed by atoms with van der Waals surface area (Å²) in [5.74, 6) is 0.127. The first-order valence-electron chi connectivity index (χ1n) is 10.1. The lowest BCUT2D eigenvalue weighted by atomic mass is 10.0. The predicted octanol–water partition coefficient (Wildman–Crippen LogP) is 5.11. The van der Waals surface area contributed by atoms with Gasteiger partial charge < -0.3 is 13.9 Å². The molecule has 4 aromatic rings. The lowest BCUT2D eigenvalue weighted by molar-refractivity contribution is -0.274. The molecule has 1 aliphatic heterocycles. The normalized spacial score (nSPS) is 14.0. The summed E-state index contributed by atoms with van der Waals surface area (Å²) in [4.78, 5) is 19.0. The van der Waals surface area contributed by atoms with Crippen LogP contribution in [0.2, 0.25) is 0 Å². The van der Waals surface area contributed by atoms with Crippen molar-refractivity contribution in [1.29, 1.82) is 0 Å². The highest BCUT2D eigenvalue weighted by Gasteiger charge is 2.32. The van der Waals surface area contributed by atoms with Gasteiger partial charge in [-0.1, -0.05) is 24.3 Å². The summed E-state index contributed by atoms with van der Waals surface area (Å²) in [5, 5.41) is 0.567. The molecule has 3 heterocycles. The van der Waals surface area contributed by atoms with Gasteiger partial charge >= 0.3 is 12.0 Å². The van der Waals surface area contributed by atoms with Crippen molar-refractivity contribution in [2.24, 2.45) is 0 Å². The Morgan fingerprint density at radius 1 is 1.06 bits per heavy atom. The smallest absolute Gasteiger partial charge is 0.478 e. The molecule has 0 spiro atoms. The fourth-order valence-electron chi connectivity index (χ4n) is 3.88. The first-order chi connectivity index (χ1) is 15.9. The number of hydrogen-bond acceptors (Lipinski definition) is 6. The summed E-state index contributed by atoms with van der Waals surface area (Å²) < 4.78 is 54.0. The number of alkyl halides is 3. The third-order valence-corrected chi connectivity index (χ3v) is 5.28. The average molecular weight is 454 g/mol. The van der Waals surface area contributed by atoms with Crippen molar-refractivity contribution in [3.63, 3.8) is 0 Å². The van der Waals surface area contributed by atoms with Gasteiger partial charge in [0.1, 0.15) is 23.8 Å². The van der Waals surface area contributed by atoms with Crippen molar-refractivity contribution in [2.75, 3.05) is 6.73 Å². The van der Waals surface area contributed by atoms with Crippen LogP contribution in [0.5, 0.6) is 11.5 Å². The Kier molecular flexibility index (Phi) is 5.26. The van der Waals surface area contributed by atoms with Gasteiger partial charge in [0, 0.05) is 36.4 Å². The Morgan fingerprint density at radius 2 is 1.91 bits per heavy atom. The Bertz CT molecular complexity index is 1370. The standard InChI is InChI=1S/C24H17F3N2O4/c25-24(26,27)33-21-6-2-1-5-17(21)18-10-16-7-8-20-19(22(16)32-23(18)30)13-29(14-31-20)12-15-4-3-9-28-11-15/h1-11H,12-14H2. The van der Waals surface area contributed by atoms with Crippen molar-refractivity contribution < 1.29 is 27.1 Å². The van der Waals surface area contributed by atoms with Crippen molar-refractivity contribution in [1.82, 2.24) is 9.88 Å². The highest BCUT2D eigenvalue weighted by atomic mass is 19.4. The molecule has 0 saturated heterocycles.